The third-order valence-corrected chi connectivity index (χ3v) is 3.45. The van der Waals surface area contributed by atoms with Crippen LogP contribution >= 0.6 is 15.9 Å². The molecule has 0 bridgehead atoms. The molecule has 2 N–H and O–H groups in total. The van der Waals surface area contributed by atoms with E-state index in [4.69, 9.17) is 0 Å². The Morgan fingerprint density at radius 3 is 2.63 bits per heavy atom. The molecule has 0 saturated carbocycles. The van der Waals surface area contributed by atoms with Gasteiger partial charge in [-0.3, -0.25) is 0 Å². The molecule has 1 aromatic carbocycles. The molecule has 1 aromatic rings. The minimum atomic E-state index is 0.184. The normalized spacial score (nSPS) is 11.1. The predicted octanol–water partition coefficient (Wildman–Crippen LogP) is 3.16. The van der Waals surface area contributed by atoms with Crippen molar-refractivity contribution >= 4 is 21.6 Å². The molecule has 0 aromatic heterocycles. The van der Waals surface area contributed by atoms with Gasteiger partial charge in [0.15, 0.2) is 0 Å². The lowest BCUT2D eigenvalue weighted by Gasteiger charge is -2.27. The lowest BCUT2D eigenvalue weighted by molar-refractivity contribution is 0.301. The molecule has 0 radical (unpaired) electrons. The number of nitrogens with one attached hydrogen (secondary N) is 1. The molecule has 0 aliphatic rings. The first-order chi connectivity index (χ1) is 9.08. The average Bonchev–Trinajstić information content (AvgIpc) is 2.37. The fourth-order valence-corrected chi connectivity index (χ4v) is 2.39. The molecular weight excluding hydrogens is 304 g/mol. The fraction of sp³-hybridized carbons (Fsp3) is 0.600. The van der Waals surface area contributed by atoms with Gasteiger partial charge in [0.25, 0.3) is 0 Å². The van der Waals surface area contributed by atoms with E-state index in [2.05, 4.69) is 65.1 Å². The third kappa shape index (κ3) is 5.51. The van der Waals surface area contributed by atoms with E-state index >= 15 is 0 Å². The van der Waals surface area contributed by atoms with Crippen LogP contribution in [-0.4, -0.2) is 30.8 Å². The Balaban J connectivity index is 2.95. The number of hydrogen-bond donors (Lipinski definition) is 2. The molecule has 0 saturated heterocycles. The lowest BCUT2D eigenvalue weighted by atomic mass is 10.1. The van der Waals surface area contributed by atoms with Crippen LogP contribution in [0.25, 0.3) is 0 Å². The second-order valence-corrected chi connectivity index (χ2v) is 5.93. The Hall–Kier alpha value is -0.580. The van der Waals surface area contributed by atoms with Gasteiger partial charge in [-0.1, -0.05) is 42.8 Å². The zero-order valence-corrected chi connectivity index (χ0v) is 13.7. The van der Waals surface area contributed by atoms with Gasteiger partial charge in [0, 0.05) is 35.8 Å². The molecule has 0 spiro atoms. The van der Waals surface area contributed by atoms with Crippen LogP contribution in [0.15, 0.2) is 22.7 Å². The summed E-state index contributed by atoms with van der Waals surface area (Å²) in [6.07, 6.45) is 1.07. The standard InChI is InChI=1S/C15H25BrN2O/c1-4-7-18(8-9-19)15-10-14(16)6-5-13(15)11-17-12(2)3/h5-6,10,12,17,19H,4,7-9,11H2,1-3H3. The minimum absolute atomic E-state index is 0.184. The molecule has 0 unspecified atom stereocenters. The number of aliphatic hydroxyl groups excluding tert-OH is 1. The van der Waals surface area contributed by atoms with Gasteiger partial charge in [-0.2, -0.15) is 0 Å². The topological polar surface area (TPSA) is 35.5 Å². The second-order valence-electron chi connectivity index (χ2n) is 5.02. The lowest BCUT2D eigenvalue weighted by Crippen LogP contribution is -2.30. The summed E-state index contributed by atoms with van der Waals surface area (Å²) in [4.78, 5) is 2.25. The van der Waals surface area contributed by atoms with Crippen molar-refractivity contribution in [2.24, 2.45) is 0 Å². The van der Waals surface area contributed by atoms with Crippen molar-refractivity contribution in [2.45, 2.75) is 39.8 Å². The van der Waals surface area contributed by atoms with Crippen LogP contribution in [0.2, 0.25) is 0 Å². The molecule has 0 aliphatic carbocycles. The number of benzene rings is 1. The smallest absolute Gasteiger partial charge is 0.0606 e. The number of hydrogen-bond acceptors (Lipinski definition) is 3. The molecule has 0 heterocycles. The maximum atomic E-state index is 9.23. The number of halogens is 1. The number of aliphatic hydroxyl groups is 1. The van der Waals surface area contributed by atoms with E-state index in [1.165, 1.54) is 11.3 Å². The number of nitrogens with zero attached hydrogens (tertiary/aromatic N) is 1. The highest BCUT2D eigenvalue weighted by atomic mass is 79.9. The number of rotatable bonds is 8. The van der Waals surface area contributed by atoms with Crippen molar-refractivity contribution in [3.8, 4) is 0 Å². The van der Waals surface area contributed by atoms with Gasteiger partial charge in [-0.05, 0) is 24.1 Å². The van der Waals surface area contributed by atoms with E-state index in [0.717, 1.165) is 24.0 Å². The maximum Gasteiger partial charge on any atom is 0.0606 e. The van der Waals surface area contributed by atoms with Crippen LogP contribution in [0.5, 0.6) is 0 Å². The zero-order valence-electron chi connectivity index (χ0n) is 12.1. The third-order valence-electron chi connectivity index (χ3n) is 2.95. The molecule has 19 heavy (non-hydrogen) atoms. The summed E-state index contributed by atoms with van der Waals surface area (Å²) in [6, 6.07) is 6.83. The van der Waals surface area contributed by atoms with E-state index in [9.17, 15) is 5.11 Å². The highest BCUT2D eigenvalue weighted by Crippen LogP contribution is 2.25. The highest BCUT2D eigenvalue weighted by molar-refractivity contribution is 9.10. The summed E-state index contributed by atoms with van der Waals surface area (Å²) in [5, 5.41) is 12.7. The van der Waals surface area contributed by atoms with E-state index in [0.29, 0.717) is 12.6 Å². The highest BCUT2D eigenvalue weighted by Gasteiger charge is 2.11. The fourth-order valence-electron chi connectivity index (χ4n) is 2.04. The van der Waals surface area contributed by atoms with Crippen LogP contribution in [0.1, 0.15) is 32.8 Å². The quantitative estimate of drug-likeness (QED) is 0.769. The SMILES string of the molecule is CCCN(CCO)c1cc(Br)ccc1CNC(C)C. The van der Waals surface area contributed by atoms with Crippen molar-refractivity contribution in [3.63, 3.8) is 0 Å². The van der Waals surface area contributed by atoms with E-state index in [1.54, 1.807) is 0 Å². The van der Waals surface area contributed by atoms with Crippen LogP contribution in [0, 0.1) is 0 Å². The van der Waals surface area contributed by atoms with Crippen LogP contribution in [0.3, 0.4) is 0 Å². The summed E-state index contributed by atoms with van der Waals surface area (Å²) in [7, 11) is 0. The monoisotopic (exact) mass is 328 g/mol. The molecular formula is C15H25BrN2O. The summed E-state index contributed by atoms with van der Waals surface area (Å²) < 4.78 is 1.08. The van der Waals surface area contributed by atoms with Crippen LogP contribution in [-0.2, 0) is 6.54 Å². The van der Waals surface area contributed by atoms with Gasteiger partial charge in [0.05, 0.1) is 6.61 Å². The van der Waals surface area contributed by atoms with Gasteiger partial charge < -0.3 is 15.3 Å². The van der Waals surface area contributed by atoms with Gasteiger partial charge >= 0.3 is 0 Å². The van der Waals surface area contributed by atoms with Crippen molar-refractivity contribution in [1.82, 2.24) is 5.32 Å². The van der Waals surface area contributed by atoms with Gasteiger partial charge in [-0.15, -0.1) is 0 Å². The van der Waals surface area contributed by atoms with Crippen molar-refractivity contribution in [3.05, 3.63) is 28.2 Å². The molecule has 108 valence electrons. The molecule has 4 heteroatoms. The Kier molecular flexibility index (Phi) is 7.42. The van der Waals surface area contributed by atoms with Crippen LogP contribution < -0.4 is 10.2 Å². The Morgan fingerprint density at radius 2 is 2.05 bits per heavy atom. The Labute approximate surface area is 125 Å². The first-order valence-corrected chi connectivity index (χ1v) is 7.75. The molecule has 0 aliphatic heterocycles. The van der Waals surface area contributed by atoms with E-state index in [-0.39, 0.29) is 6.61 Å². The summed E-state index contributed by atoms with van der Waals surface area (Å²) in [5.74, 6) is 0. The van der Waals surface area contributed by atoms with Gasteiger partial charge in [-0.25, -0.2) is 0 Å². The van der Waals surface area contributed by atoms with E-state index in [1.807, 2.05) is 0 Å². The van der Waals surface area contributed by atoms with Crippen LogP contribution in [0.4, 0.5) is 5.69 Å². The van der Waals surface area contributed by atoms with E-state index < -0.39 is 0 Å². The summed E-state index contributed by atoms with van der Waals surface area (Å²) >= 11 is 3.54. The maximum absolute atomic E-state index is 9.23. The zero-order chi connectivity index (χ0) is 14.3. The van der Waals surface area contributed by atoms with Gasteiger partial charge in [0.2, 0.25) is 0 Å². The summed E-state index contributed by atoms with van der Waals surface area (Å²) in [6.45, 7) is 9.14. The first-order valence-electron chi connectivity index (χ1n) is 6.96. The van der Waals surface area contributed by atoms with Crippen molar-refractivity contribution in [1.29, 1.82) is 0 Å². The molecule has 1 rings (SSSR count). The predicted molar refractivity (Wildman–Crippen MR) is 85.7 cm³/mol. The molecule has 3 nitrogen and oxygen atoms in total. The summed E-state index contributed by atoms with van der Waals surface area (Å²) in [5.41, 5.74) is 2.48. The largest absolute Gasteiger partial charge is 0.395 e. The van der Waals surface area contributed by atoms with Crippen molar-refractivity contribution < 1.29 is 5.11 Å². The Morgan fingerprint density at radius 1 is 1.32 bits per heavy atom. The van der Waals surface area contributed by atoms with Crippen molar-refractivity contribution in [2.75, 3.05) is 24.6 Å². The average molecular weight is 329 g/mol. The molecule has 0 amide bonds. The first kappa shape index (κ1) is 16.5. The molecule has 0 fully saturated rings. The second kappa shape index (κ2) is 8.56. The Bertz CT molecular complexity index is 376. The minimum Gasteiger partial charge on any atom is -0.395 e. The number of anilines is 1. The van der Waals surface area contributed by atoms with Gasteiger partial charge in [0.1, 0.15) is 0 Å². The molecule has 0 atom stereocenters.